The molecule has 4 heteroatoms. The van der Waals surface area contributed by atoms with Gasteiger partial charge in [0.1, 0.15) is 12.5 Å². The predicted molar refractivity (Wildman–Crippen MR) is 59.6 cm³/mol. The highest BCUT2D eigenvalue weighted by Gasteiger charge is 2.20. The smallest absolute Gasteiger partial charge is 0.339 e. The summed E-state index contributed by atoms with van der Waals surface area (Å²) >= 11 is 0. The Kier molecular flexibility index (Phi) is 3.10. The number of carbonyl (C=O) groups excluding carboxylic acids is 1. The fraction of sp³-hybridized carbons (Fsp3) is 0.417. The molecule has 0 radical (unpaired) electrons. The standard InChI is InChI=1S/C12H15NO3/c1-13(2)8-16-12(14)10-4-3-5-11-9(10)6-7-15-11/h3-5H,6-8H2,1-2H3. The van der Waals surface area contributed by atoms with E-state index in [1.807, 2.05) is 26.2 Å². The summed E-state index contributed by atoms with van der Waals surface area (Å²) in [5.41, 5.74) is 1.59. The molecule has 1 aromatic rings. The van der Waals surface area contributed by atoms with Gasteiger partial charge in [-0.25, -0.2) is 4.79 Å². The number of nitrogens with zero attached hydrogens (tertiary/aromatic N) is 1. The van der Waals surface area contributed by atoms with E-state index >= 15 is 0 Å². The molecule has 0 N–H and O–H groups in total. The Morgan fingerprint density at radius 3 is 3.06 bits per heavy atom. The van der Waals surface area contributed by atoms with Crippen molar-refractivity contribution in [3.05, 3.63) is 29.3 Å². The van der Waals surface area contributed by atoms with Gasteiger partial charge in [-0.1, -0.05) is 6.07 Å². The van der Waals surface area contributed by atoms with Crippen molar-refractivity contribution in [1.82, 2.24) is 4.90 Å². The normalized spacial score (nSPS) is 13.4. The highest BCUT2D eigenvalue weighted by atomic mass is 16.5. The molecule has 0 fully saturated rings. The molecule has 0 amide bonds. The zero-order valence-corrected chi connectivity index (χ0v) is 9.53. The molecule has 1 aliphatic rings. The van der Waals surface area contributed by atoms with Gasteiger partial charge in [0, 0.05) is 12.0 Å². The van der Waals surface area contributed by atoms with Gasteiger partial charge < -0.3 is 9.47 Å². The van der Waals surface area contributed by atoms with Crippen LogP contribution in [0.5, 0.6) is 5.75 Å². The average Bonchev–Trinajstić information content (AvgIpc) is 2.73. The quantitative estimate of drug-likeness (QED) is 0.569. The number of benzene rings is 1. The van der Waals surface area contributed by atoms with E-state index in [9.17, 15) is 4.79 Å². The Morgan fingerprint density at radius 1 is 1.50 bits per heavy atom. The SMILES string of the molecule is CN(C)COC(=O)c1cccc2c1CCO2. The van der Waals surface area contributed by atoms with E-state index in [0.717, 1.165) is 17.7 Å². The number of hydrogen-bond donors (Lipinski definition) is 0. The van der Waals surface area contributed by atoms with E-state index < -0.39 is 0 Å². The molecule has 0 aromatic heterocycles. The summed E-state index contributed by atoms with van der Waals surface area (Å²) in [6.45, 7) is 0.941. The summed E-state index contributed by atoms with van der Waals surface area (Å²) in [5, 5.41) is 0. The number of ether oxygens (including phenoxy) is 2. The maximum absolute atomic E-state index is 11.8. The molecule has 4 nitrogen and oxygen atoms in total. The van der Waals surface area contributed by atoms with Gasteiger partial charge in [0.2, 0.25) is 0 Å². The molecular formula is C12H15NO3. The van der Waals surface area contributed by atoms with Crippen molar-refractivity contribution in [3.8, 4) is 5.75 Å². The van der Waals surface area contributed by atoms with Crippen molar-refractivity contribution in [1.29, 1.82) is 0 Å². The van der Waals surface area contributed by atoms with Gasteiger partial charge in [-0.3, -0.25) is 4.90 Å². The van der Waals surface area contributed by atoms with Gasteiger partial charge >= 0.3 is 5.97 Å². The minimum atomic E-state index is -0.281. The molecule has 86 valence electrons. The van der Waals surface area contributed by atoms with Gasteiger partial charge in [0.25, 0.3) is 0 Å². The molecule has 0 unspecified atom stereocenters. The van der Waals surface area contributed by atoms with Crippen LogP contribution in [0, 0.1) is 0 Å². The van der Waals surface area contributed by atoms with Gasteiger partial charge in [0.15, 0.2) is 0 Å². The molecule has 0 spiro atoms. The lowest BCUT2D eigenvalue weighted by Crippen LogP contribution is -2.20. The zero-order valence-electron chi connectivity index (χ0n) is 9.53. The van der Waals surface area contributed by atoms with Gasteiger partial charge in [0.05, 0.1) is 12.2 Å². The van der Waals surface area contributed by atoms with Crippen molar-refractivity contribution in [2.24, 2.45) is 0 Å². The highest BCUT2D eigenvalue weighted by molar-refractivity contribution is 5.92. The largest absolute Gasteiger partial charge is 0.493 e. The van der Waals surface area contributed by atoms with Crippen LogP contribution in [-0.2, 0) is 11.2 Å². The number of rotatable bonds is 3. The zero-order chi connectivity index (χ0) is 11.5. The summed E-state index contributed by atoms with van der Waals surface area (Å²) in [6, 6.07) is 5.48. The topological polar surface area (TPSA) is 38.8 Å². The van der Waals surface area contributed by atoms with Crippen LogP contribution in [0.4, 0.5) is 0 Å². The Balaban J connectivity index is 2.15. The summed E-state index contributed by atoms with van der Waals surface area (Å²) in [6.07, 6.45) is 0.780. The van der Waals surface area contributed by atoms with Crippen molar-refractivity contribution >= 4 is 5.97 Å². The Hall–Kier alpha value is -1.55. The molecule has 0 bridgehead atoms. The fourth-order valence-electron chi connectivity index (χ4n) is 1.68. The summed E-state index contributed by atoms with van der Waals surface area (Å²) in [5.74, 6) is 0.523. The monoisotopic (exact) mass is 221 g/mol. The first-order chi connectivity index (χ1) is 7.68. The first-order valence-electron chi connectivity index (χ1n) is 5.25. The Labute approximate surface area is 94.8 Å². The van der Waals surface area contributed by atoms with Gasteiger partial charge in [-0.15, -0.1) is 0 Å². The van der Waals surface area contributed by atoms with Crippen LogP contribution in [0.2, 0.25) is 0 Å². The van der Waals surface area contributed by atoms with Crippen LogP contribution in [0.25, 0.3) is 0 Å². The maximum atomic E-state index is 11.8. The van der Waals surface area contributed by atoms with Crippen molar-refractivity contribution in [2.45, 2.75) is 6.42 Å². The Morgan fingerprint density at radius 2 is 2.31 bits per heavy atom. The summed E-state index contributed by atoms with van der Waals surface area (Å²) in [4.78, 5) is 13.6. The fourth-order valence-corrected chi connectivity index (χ4v) is 1.68. The number of fused-ring (bicyclic) bond motifs is 1. The molecular weight excluding hydrogens is 206 g/mol. The molecule has 0 saturated heterocycles. The van der Waals surface area contributed by atoms with E-state index in [0.29, 0.717) is 18.9 Å². The lowest BCUT2D eigenvalue weighted by Gasteiger charge is -2.11. The molecule has 1 aromatic carbocycles. The highest BCUT2D eigenvalue weighted by Crippen LogP contribution is 2.28. The molecule has 1 aliphatic heterocycles. The molecule has 1 heterocycles. The van der Waals surface area contributed by atoms with E-state index in [1.54, 1.807) is 11.0 Å². The third kappa shape index (κ3) is 2.17. The van der Waals surface area contributed by atoms with Crippen LogP contribution in [0.15, 0.2) is 18.2 Å². The molecule has 0 saturated carbocycles. The third-order valence-electron chi connectivity index (χ3n) is 2.42. The van der Waals surface area contributed by atoms with Crippen molar-refractivity contribution in [2.75, 3.05) is 27.4 Å². The lowest BCUT2D eigenvalue weighted by atomic mass is 10.1. The number of hydrogen-bond acceptors (Lipinski definition) is 4. The molecule has 2 rings (SSSR count). The second kappa shape index (κ2) is 4.53. The van der Waals surface area contributed by atoms with Crippen LogP contribution < -0.4 is 4.74 Å². The minimum Gasteiger partial charge on any atom is -0.493 e. The molecule has 16 heavy (non-hydrogen) atoms. The van der Waals surface area contributed by atoms with Crippen LogP contribution >= 0.6 is 0 Å². The maximum Gasteiger partial charge on any atom is 0.339 e. The van der Waals surface area contributed by atoms with E-state index in [2.05, 4.69) is 0 Å². The van der Waals surface area contributed by atoms with Gasteiger partial charge in [-0.2, -0.15) is 0 Å². The number of carbonyl (C=O) groups is 1. The van der Waals surface area contributed by atoms with E-state index in [-0.39, 0.29) is 5.97 Å². The van der Waals surface area contributed by atoms with Crippen LogP contribution in [0.3, 0.4) is 0 Å². The summed E-state index contributed by atoms with van der Waals surface area (Å²) < 4.78 is 10.5. The predicted octanol–water partition coefficient (Wildman–Crippen LogP) is 1.30. The molecule has 0 aliphatic carbocycles. The van der Waals surface area contributed by atoms with E-state index in [1.165, 1.54) is 0 Å². The third-order valence-corrected chi connectivity index (χ3v) is 2.42. The second-order valence-electron chi connectivity index (χ2n) is 4.02. The van der Waals surface area contributed by atoms with Crippen molar-refractivity contribution in [3.63, 3.8) is 0 Å². The van der Waals surface area contributed by atoms with Crippen molar-refractivity contribution < 1.29 is 14.3 Å². The number of esters is 1. The van der Waals surface area contributed by atoms with Crippen LogP contribution in [0.1, 0.15) is 15.9 Å². The first kappa shape index (κ1) is 11.0. The van der Waals surface area contributed by atoms with Crippen LogP contribution in [-0.4, -0.2) is 38.3 Å². The van der Waals surface area contributed by atoms with E-state index in [4.69, 9.17) is 9.47 Å². The summed E-state index contributed by atoms with van der Waals surface area (Å²) in [7, 11) is 3.71. The lowest BCUT2D eigenvalue weighted by molar-refractivity contribution is 0.0318. The second-order valence-corrected chi connectivity index (χ2v) is 4.02. The average molecular weight is 221 g/mol. The molecule has 0 atom stereocenters. The Bertz CT molecular complexity index is 401. The minimum absolute atomic E-state index is 0.281. The van der Waals surface area contributed by atoms with Gasteiger partial charge in [-0.05, 0) is 26.2 Å². The first-order valence-corrected chi connectivity index (χ1v) is 5.25.